The van der Waals surface area contributed by atoms with E-state index in [0.717, 1.165) is 90.3 Å². The van der Waals surface area contributed by atoms with Crippen LogP contribution in [0.2, 0.25) is 26.2 Å². The molecule has 12 heteroatoms. The summed E-state index contributed by atoms with van der Waals surface area (Å²) in [6.07, 6.45) is 10.9. The summed E-state index contributed by atoms with van der Waals surface area (Å²) in [6.45, 7) is 9.86. The largest absolute Gasteiger partial charge is 0.310 e. The molecule has 80 heavy (non-hydrogen) atoms. The Balaban J connectivity index is 1.07. The predicted molar refractivity (Wildman–Crippen MR) is 330 cm³/mol. The molecule has 12 aromatic rings. The van der Waals surface area contributed by atoms with Crippen LogP contribution in [-0.2, 0) is 0 Å². The zero-order chi connectivity index (χ0) is 54.0. The summed E-state index contributed by atoms with van der Waals surface area (Å²) in [4.78, 5) is 44.8. The average Bonchev–Trinajstić information content (AvgIpc) is 3.10. The van der Waals surface area contributed by atoms with Gasteiger partial charge in [0.2, 0.25) is 0 Å². The molecule has 6 aromatic heterocycles. The van der Waals surface area contributed by atoms with Gasteiger partial charge in [-0.2, -0.15) is 0 Å². The molecular weight excluding hydrogens is 1010 g/mol. The number of nitrogens with zero attached hydrogens (tertiary/aromatic N) is 10. The molecule has 2 aliphatic heterocycles. The number of anilines is 6. The van der Waals surface area contributed by atoms with Crippen LogP contribution in [0.4, 0.5) is 34.1 Å². The first-order valence-electron chi connectivity index (χ1n) is 26.9. The van der Waals surface area contributed by atoms with Crippen LogP contribution in [0.25, 0.3) is 79.2 Å². The highest BCUT2D eigenvalue weighted by Crippen LogP contribution is 2.50. The Hall–Kier alpha value is -9.89. The highest BCUT2D eigenvalue weighted by molar-refractivity contribution is 7.03. The van der Waals surface area contributed by atoms with Crippen molar-refractivity contribution in [3.8, 4) is 79.2 Å². The van der Waals surface area contributed by atoms with Gasteiger partial charge >= 0.3 is 0 Å². The van der Waals surface area contributed by atoms with Crippen LogP contribution in [0.5, 0.6) is 0 Å². The minimum absolute atomic E-state index is 0.573. The lowest BCUT2D eigenvalue weighted by Crippen LogP contribution is -2.58. The maximum atomic E-state index is 5.34. The SMILES string of the molecule is C[Si]1(C)c2ccccc2N(c2cc(-c3nc(-c4cccnc4)cc(-c4ccccn4)n3)ccc2-c2ccc(-c3nc(-c4cccnc4)cc(-c4ccccn4)n3)cc2N2c3ccccc3[Si](C)(C)c3ccccc32)c2ccccc21. The fourth-order valence-electron chi connectivity index (χ4n) is 11.8. The van der Waals surface area contributed by atoms with E-state index in [0.29, 0.717) is 23.0 Å². The van der Waals surface area contributed by atoms with E-state index in [1.165, 1.54) is 20.7 Å². The molecule has 0 saturated heterocycles. The molecule has 0 radical (unpaired) electrons. The van der Waals surface area contributed by atoms with Crippen molar-refractivity contribution >= 4 is 71.0 Å². The third kappa shape index (κ3) is 8.31. The first kappa shape index (κ1) is 48.5. The molecule has 6 aromatic carbocycles. The topological polar surface area (TPSA) is 110 Å². The highest BCUT2D eigenvalue weighted by atomic mass is 28.3. The summed E-state index contributed by atoms with van der Waals surface area (Å²) in [7, 11) is -4.42. The minimum Gasteiger partial charge on any atom is -0.310 e. The van der Waals surface area contributed by atoms with Crippen molar-refractivity contribution in [1.29, 1.82) is 0 Å². The second kappa shape index (κ2) is 19.5. The number of benzene rings is 6. The number of rotatable bonds is 9. The standard InChI is InChI=1S/C68H52N10Si2/c1-79(2)63-27-9-5-23-57(63)77(58-24-6-10-28-64(58)79)61-39-45(67-73-53(47-19-17-35-69-43-47)41-55(75-67)51-21-13-15-37-71-51)31-33-49(61)50-34-32-46(68-74-54(48-20-18-36-70-44-48)42-56(76-68)52-22-14-16-38-72-52)40-62(50)78-59-25-7-11-29-65(59)80(3,4)66-30-12-8-26-60(66)78/h5-44H,1-4H3. The van der Waals surface area contributed by atoms with Gasteiger partial charge in [-0.1, -0.05) is 135 Å². The van der Waals surface area contributed by atoms with E-state index in [2.05, 4.69) is 179 Å². The Morgan fingerprint density at radius 1 is 0.287 bits per heavy atom. The smallest absolute Gasteiger partial charge is 0.160 e. The molecule has 0 amide bonds. The van der Waals surface area contributed by atoms with Crippen LogP contribution in [-0.4, -0.2) is 56.0 Å². The van der Waals surface area contributed by atoms with Gasteiger partial charge in [0, 0.05) is 93.3 Å². The molecule has 0 N–H and O–H groups in total. The van der Waals surface area contributed by atoms with Crippen molar-refractivity contribution in [1.82, 2.24) is 39.9 Å². The van der Waals surface area contributed by atoms with Crippen LogP contribution in [0, 0.1) is 0 Å². The van der Waals surface area contributed by atoms with Gasteiger partial charge in [0.1, 0.15) is 16.1 Å². The molecule has 0 bridgehead atoms. The molecule has 0 saturated carbocycles. The zero-order valence-electron chi connectivity index (χ0n) is 44.6. The summed E-state index contributed by atoms with van der Waals surface area (Å²) >= 11 is 0. The number of aromatic nitrogens is 8. The normalized spacial score (nSPS) is 13.7. The Labute approximate surface area is 467 Å². The quantitative estimate of drug-likeness (QED) is 0.130. The van der Waals surface area contributed by atoms with Crippen molar-refractivity contribution in [2.75, 3.05) is 9.80 Å². The lowest BCUT2D eigenvalue weighted by molar-refractivity contribution is 1.15. The Kier molecular flexibility index (Phi) is 11.8. The first-order valence-corrected chi connectivity index (χ1v) is 32.9. The van der Waals surface area contributed by atoms with Gasteiger partial charge < -0.3 is 9.80 Å². The van der Waals surface area contributed by atoms with Crippen molar-refractivity contribution in [2.24, 2.45) is 0 Å². The van der Waals surface area contributed by atoms with Crippen LogP contribution >= 0.6 is 0 Å². The van der Waals surface area contributed by atoms with Gasteiger partial charge in [-0.05, 0) is 118 Å². The van der Waals surface area contributed by atoms with Gasteiger partial charge in [-0.3, -0.25) is 19.9 Å². The lowest BCUT2D eigenvalue weighted by atomic mass is 9.95. The number of hydrogen-bond acceptors (Lipinski definition) is 10. The van der Waals surface area contributed by atoms with Crippen molar-refractivity contribution in [2.45, 2.75) is 26.2 Å². The van der Waals surface area contributed by atoms with Crippen LogP contribution < -0.4 is 30.5 Å². The van der Waals surface area contributed by atoms with E-state index in [9.17, 15) is 0 Å². The third-order valence-electron chi connectivity index (χ3n) is 15.8. The second-order valence-electron chi connectivity index (χ2n) is 21.3. The summed E-state index contributed by atoms with van der Waals surface area (Å²) in [5.74, 6) is 1.15. The third-order valence-corrected chi connectivity index (χ3v) is 22.9. The van der Waals surface area contributed by atoms with Gasteiger partial charge in [-0.25, -0.2) is 19.9 Å². The Bertz CT molecular complexity index is 3840. The molecule has 0 aliphatic carbocycles. The fourth-order valence-corrected chi connectivity index (χ4v) is 17.8. The summed E-state index contributed by atoms with van der Waals surface area (Å²) in [5, 5.41) is 5.44. The van der Waals surface area contributed by atoms with Crippen LogP contribution in [0.15, 0.2) is 243 Å². The molecular formula is C68H52N10Si2. The molecule has 2 aliphatic rings. The monoisotopic (exact) mass is 1060 g/mol. The highest BCUT2D eigenvalue weighted by Gasteiger charge is 2.41. The van der Waals surface area contributed by atoms with E-state index in [1.807, 2.05) is 85.2 Å². The second-order valence-corrected chi connectivity index (χ2v) is 29.9. The Morgan fingerprint density at radius 2 is 0.650 bits per heavy atom. The molecule has 8 heterocycles. The maximum absolute atomic E-state index is 5.34. The van der Waals surface area contributed by atoms with Gasteiger partial charge in [0.25, 0.3) is 0 Å². The molecule has 10 nitrogen and oxygen atoms in total. The number of para-hydroxylation sites is 4. The molecule has 382 valence electrons. The maximum Gasteiger partial charge on any atom is 0.160 e. The van der Waals surface area contributed by atoms with Crippen molar-refractivity contribution < 1.29 is 0 Å². The summed E-state index contributed by atoms with van der Waals surface area (Å²) in [6, 6.07) is 73.1. The number of fused-ring (bicyclic) bond motifs is 4. The lowest BCUT2D eigenvalue weighted by Gasteiger charge is -2.43. The molecule has 0 unspecified atom stereocenters. The number of pyridine rings is 4. The van der Waals surface area contributed by atoms with Gasteiger partial charge in [0.15, 0.2) is 11.6 Å². The van der Waals surface area contributed by atoms with E-state index < -0.39 is 16.1 Å². The molecule has 0 fully saturated rings. The zero-order valence-corrected chi connectivity index (χ0v) is 46.6. The van der Waals surface area contributed by atoms with E-state index in [-0.39, 0.29) is 0 Å². The van der Waals surface area contributed by atoms with E-state index in [1.54, 1.807) is 24.8 Å². The number of hydrogen-bond donors (Lipinski definition) is 0. The minimum atomic E-state index is -2.21. The van der Waals surface area contributed by atoms with Crippen molar-refractivity contribution in [3.63, 3.8) is 0 Å². The molecule has 0 spiro atoms. The first-order chi connectivity index (χ1) is 39.2. The van der Waals surface area contributed by atoms with E-state index >= 15 is 0 Å². The van der Waals surface area contributed by atoms with Crippen LogP contribution in [0.3, 0.4) is 0 Å². The van der Waals surface area contributed by atoms with Crippen LogP contribution in [0.1, 0.15) is 0 Å². The van der Waals surface area contributed by atoms with Gasteiger partial charge in [-0.15, -0.1) is 0 Å². The average molecular weight is 1070 g/mol. The summed E-state index contributed by atoms with van der Waals surface area (Å²) in [5.41, 5.74) is 16.6. The summed E-state index contributed by atoms with van der Waals surface area (Å²) < 4.78 is 0. The molecule has 14 rings (SSSR count). The van der Waals surface area contributed by atoms with E-state index in [4.69, 9.17) is 29.9 Å². The molecule has 0 atom stereocenters. The Morgan fingerprint density at radius 3 is 1.00 bits per heavy atom. The predicted octanol–water partition coefficient (Wildman–Crippen LogP) is 13.7. The fraction of sp³-hybridized carbons (Fsp3) is 0.0588. The van der Waals surface area contributed by atoms with Gasteiger partial charge in [0.05, 0.1) is 45.5 Å². The van der Waals surface area contributed by atoms with Crippen molar-refractivity contribution in [3.05, 3.63) is 243 Å².